The molecule has 0 fully saturated rings. The number of carbonyl (C=O) groups is 2. The van der Waals surface area contributed by atoms with Crippen molar-refractivity contribution in [1.82, 2.24) is 10.2 Å². The van der Waals surface area contributed by atoms with Gasteiger partial charge in [-0.15, -0.1) is 0 Å². The van der Waals surface area contributed by atoms with Crippen molar-refractivity contribution in [3.63, 3.8) is 0 Å². The van der Waals surface area contributed by atoms with E-state index in [1.165, 1.54) is 5.56 Å². The maximum Gasteiger partial charge on any atom is 0.265 e. The van der Waals surface area contributed by atoms with E-state index in [-0.39, 0.29) is 11.8 Å². The van der Waals surface area contributed by atoms with Crippen molar-refractivity contribution < 1.29 is 14.3 Å². The first-order valence-corrected chi connectivity index (χ1v) is 10.6. The van der Waals surface area contributed by atoms with Gasteiger partial charge in [0.05, 0.1) is 0 Å². The Labute approximate surface area is 179 Å². The van der Waals surface area contributed by atoms with Gasteiger partial charge in [0.2, 0.25) is 0 Å². The Morgan fingerprint density at radius 3 is 2.17 bits per heavy atom. The predicted molar refractivity (Wildman–Crippen MR) is 121 cm³/mol. The number of hydrogen-bond acceptors (Lipinski definition) is 4. The number of ether oxygens (including phenoxy) is 1. The van der Waals surface area contributed by atoms with Gasteiger partial charge in [-0.05, 0) is 68.4 Å². The minimum atomic E-state index is -0.638. The van der Waals surface area contributed by atoms with Crippen LogP contribution in [-0.4, -0.2) is 49.0 Å². The number of anilines is 1. The van der Waals surface area contributed by atoms with Crippen LogP contribution in [0.5, 0.6) is 5.75 Å². The van der Waals surface area contributed by atoms with Gasteiger partial charge in [0, 0.05) is 24.3 Å². The minimum absolute atomic E-state index is 0.118. The molecule has 0 saturated carbocycles. The molecule has 1 unspecified atom stereocenters. The SMILES string of the molecule is CCc1ccc(OC(C)C(=O)Nc2ccc(C(=O)NCCN(CC)CC)cc2)cc1. The second kappa shape index (κ2) is 12.0. The number of hydrogen-bond donors (Lipinski definition) is 2. The van der Waals surface area contributed by atoms with Crippen LogP contribution in [0.2, 0.25) is 0 Å². The van der Waals surface area contributed by atoms with Crippen LogP contribution in [0, 0.1) is 0 Å². The van der Waals surface area contributed by atoms with Gasteiger partial charge in [0.15, 0.2) is 6.10 Å². The van der Waals surface area contributed by atoms with Gasteiger partial charge in [-0.1, -0.05) is 32.9 Å². The topological polar surface area (TPSA) is 70.7 Å². The average molecular weight is 412 g/mol. The van der Waals surface area contributed by atoms with Crippen molar-refractivity contribution in [2.24, 2.45) is 0 Å². The Balaban J connectivity index is 1.83. The molecule has 30 heavy (non-hydrogen) atoms. The molecule has 0 saturated heterocycles. The molecular formula is C24H33N3O3. The first kappa shape index (κ1) is 23.4. The highest BCUT2D eigenvalue weighted by Crippen LogP contribution is 2.16. The summed E-state index contributed by atoms with van der Waals surface area (Å²) in [5.74, 6) is 0.296. The van der Waals surface area contributed by atoms with Crippen LogP contribution in [0.15, 0.2) is 48.5 Å². The van der Waals surface area contributed by atoms with Gasteiger partial charge >= 0.3 is 0 Å². The molecule has 2 aromatic rings. The molecule has 0 bridgehead atoms. The summed E-state index contributed by atoms with van der Waals surface area (Å²) in [7, 11) is 0. The Kier molecular flexibility index (Phi) is 9.35. The summed E-state index contributed by atoms with van der Waals surface area (Å²) in [6.07, 6.45) is 0.320. The largest absolute Gasteiger partial charge is 0.481 e. The van der Waals surface area contributed by atoms with Gasteiger partial charge in [-0.2, -0.15) is 0 Å². The van der Waals surface area contributed by atoms with E-state index in [0.717, 1.165) is 26.1 Å². The standard InChI is InChI=1S/C24H33N3O3/c1-5-19-8-14-22(15-9-19)30-18(4)23(28)26-21-12-10-20(11-13-21)24(29)25-16-17-27(6-2)7-3/h8-15,18H,5-7,16-17H2,1-4H3,(H,25,29)(H,26,28). The summed E-state index contributed by atoms with van der Waals surface area (Å²) in [6.45, 7) is 11.4. The Hall–Kier alpha value is -2.86. The van der Waals surface area contributed by atoms with Crippen molar-refractivity contribution >= 4 is 17.5 Å². The van der Waals surface area contributed by atoms with Crippen LogP contribution in [0.1, 0.15) is 43.6 Å². The lowest BCUT2D eigenvalue weighted by Crippen LogP contribution is -2.34. The van der Waals surface area contributed by atoms with Gasteiger partial charge in [0.1, 0.15) is 5.75 Å². The van der Waals surface area contributed by atoms with E-state index < -0.39 is 6.10 Å². The molecule has 0 aliphatic heterocycles. The van der Waals surface area contributed by atoms with Crippen LogP contribution in [0.3, 0.4) is 0 Å². The molecule has 0 heterocycles. The number of carbonyl (C=O) groups excluding carboxylic acids is 2. The van der Waals surface area contributed by atoms with E-state index in [1.54, 1.807) is 31.2 Å². The van der Waals surface area contributed by atoms with E-state index in [2.05, 4.69) is 36.3 Å². The van der Waals surface area contributed by atoms with Crippen molar-refractivity contribution in [2.45, 2.75) is 40.2 Å². The molecule has 0 spiro atoms. The van der Waals surface area contributed by atoms with E-state index >= 15 is 0 Å². The molecule has 0 aromatic heterocycles. The number of amides is 2. The third-order valence-electron chi connectivity index (χ3n) is 5.04. The van der Waals surface area contributed by atoms with Crippen molar-refractivity contribution in [2.75, 3.05) is 31.5 Å². The molecule has 6 heteroatoms. The van der Waals surface area contributed by atoms with Crippen LogP contribution in [-0.2, 0) is 11.2 Å². The number of nitrogens with one attached hydrogen (secondary N) is 2. The van der Waals surface area contributed by atoms with E-state index in [1.807, 2.05) is 24.3 Å². The summed E-state index contributed by atoms with van der Waals surface area (Å²) in [5, 5.41) is 5.75. The lowest BCUT2D eigenvalue weighted by Gasteiger charge is -2.18. The Bertz CT molecular complexity index is 799. The van der Waals surface area contributed by atoms with E-state index in [9.17, 15) is 9.59 Å². The molecule has 0 radical (unpaired) electrons. The molecule has 2 amide bonds. The lowest BCUT2D eigenvalue weighted by molar-refractivity contribution is -0.122. The third kappa shape index (κ3) is 7.19. The van der Waals surface area contributed by atoms with Gasteiger partial charge < -0.3 is 20.3 Å². The molecule has 2 aromatic carbocycles. The molecule has 2 N–H and O–H groups in total. The highest BCUT2D eigenvalue weighted by Gasteiger charge is 2.15. The second-order valence-corrected chi connectivity index (χ2v) is 7.11. The molecule has 0 aliphatic rings. The zero-order valence-corrected chi connectivity index (χ0v) is 18.4. The fourth-order valence-corrected chi connectivity index (χ4v) is 2.98. The zero-order chi connectivity index (χ0) is 21.9. The van der Waals surface area contributed by atoms with Crippen LogP contribution in [0.25, 0.3) is 0 Å². The highest BCUT2D eigenvalue weighted by molar-refractivity contribution is 5.96. The summed E-state index contributed by atoms with van der Waals surface area (Å²) in [6, 6.07) is 14.6. The van der Waals surface area contributed by atoms with Crippen molar-refractivity contribution in [1.29, 1.82) is 0 Å². The molecule has 6 nitrogen and oxygen atoms in total. The minimum Gasteiger partial charge on any atom is -0.481 e. The lowest BCUT2D eigenvalue weighted by atomic mass is 10.2. The summed E-state index contributed by atoms with van der Waals surface area (Å²) in [4.78, 5) is 26.9. The molecule has 0 aliphatic carbocycles. The maximum atomic E-state index is 12.4. The smallest absolute Gasteiger partial charge is 0.265 e. The average Bonchev–Trinajstić information content (AvgIpc) is 2.77. The number of nitrogens with zero attached hydrogens (tertiary/aromatic N) is 1. The van der Waals surface area contributed by atoms with Gasteiger partial charge in [-0.3, -0.25) is 9.59 Å². The van der Waals surface area contributed by atoms with E-state index in [4.69, 9.17) is 4.74 Å². The quantitative estimate of drug-likeness (QED) is 0.591. The van der Waals surface area contributed by atoms with Crippen LogP contribution in [0.4, 0.5) is 5.69 Å². The van der Waals surface area contributed by atoms with Gasteiger partial charge in [-0.25, -0.2) is 0 Å². The Morgan fingerprint density at radius 2 is 1.60 bits per heavy atom. The highest BCUT2D eigenvalue weighted by atomic mass is 16.5. The van der Waals surface area contributed by atoms with Gasteiger partial charge in [0.25, 0.3) is 11.8 Å². The Morgan fingerprint density at radius 1 is 0.967 bits per heavy atom. The fourth-order valence-electron chi connectivity index (χ4n) is 2.98. The zero-order valence-electron chi connectivity index (χ0n) is 18.4. The molecular weight excluding hydrogens is 378 g/mol. The van der Waals surface area contributed by atoms with E-state index in [0.29, 0.717) is 23.5 Å². The monoisotopic (exact) mass is 411 g/mol. The molecule has 1 atom stereocenters. The second-order valence-electron chi connectivity index (χ2n) is 7.11. The van der Waals surface area contributed by atoms with Crippen LogP contribution < -0.4 is 15.4 Å². The fraction of sp³-hybridized carbons (Fsp3) is 0.417. The summed E-state index contributed by atoms with van der Waals surface area (Å²) < 4.78 is 5.71. The first-order valence-electron chi connectivity index (χ1n) is 10.6. The predicted octanol–water partition coefficient (Wildman–Crippen LogP) is 3.73. The summed E-state index contributed by atoms with van der Waals surface area (Å²) >= 11 is 0. The molecule has 162 valence electrons. The maximum absolute atomic E-state index is 12.4. The molecule has 2 rings (SSSR count). The van der Waals surface area contributed by atoms with Crippen molar-refractivity contribution in [3.05, 3.63) is 59.7 Å². The van der Waals surface area contributed by atoms with Crippen molar-refractivity contribution in [3.8, 4) is 5.75 Å². The normalized spacial score (nSPS) is 11.8. The first-order chi connectivity index (χ1) is 14.5. The van der Waals surface area contributed by atoms with Crippen LogP contribution >= 0.6 is 0 Å². The number of benzene rings is 2. The number of rotatable bonds is 11. The number of likely N-dealkylation sites (N-methyl/N-ethyl adjacent to an activating group) is 1. The summed E-state index contributed by atoms with van der Waals surface area (Å²) in [5.41, 5.74) is 2.40. The number of aryl methyl sites for hydroxylation is 1. The third-order valence-corrected chi connectivity index (χ3v) is 5.04.